The molecular formula is C17H32N2O3. The van der Waals surface area contributed by atoms with Gasteiger partial charge in [-0.1, -0.05) is 6.42 Å². The Balaban J connectivity index is 1.75. The third-order valence-corrected chi connectivity index (χ3v) is 4.84. The molecule has 3 atom stereocenters. The Morgan fingerprint density at radius 3 is 2.59 bits per heavy atom. The minimum atomic E-state index is -0.435. The molecule has 1 aliphatic carbocycles. The number of carbonyl (C=O) groups excluding carboxylic acids is 1. The fourth-order valence-electron chi connectivity index (χ4n) is 3.67. The van der Waals surface area contributed by atoms with E-state index in [1.165, 1.54) is 12.8 Å². The van der Waals surface area contributed by atoms with Crippen molar-refractivity contribution in [2.24, 2.45) is 11.8 Å². The van der Waals surface area contributed by atoms with E-state index >= 15 is 0 Å². The summed E-state index contributed by atoms with van der Waals surface area (Å²) < 4.78 is 5.49. The molecule has 5 nitrogen and oxygen atoms in total. The van der Waals surface area contributed by atoms with Crippen molar-refractivity contribution in [1.82, 2.24) is 10.2 Å². The Morgan fingerprint density at radius 2 is 1.91 bits per heavy atom. The van der Waals surface area contributed by atoms with Gasteiger partial charge in [-0.3, -0.25) is 0 Å². The number of nitrogens with one attached hydrogen (secondary N) is 1. The lowest BCUT2D eigenvalue weighted by Gasteiger charge is -2.29. The molecule has 22 heavy (non-hydrogen) atoms. The lowest BCUT2D eigenvalue weighted by atomic mass is 9.97. The van der Waals surface area contributed by atoms with Gasteiger partial charge in [0.25, 0.3) is 0 Å². The smallest absolute Gasteiger partial charge is 0.410 e. The largest absolute Gasteiger partial charge is 0.444 e. The molecule has 1 heterocycles. The van der Waals surface area contributed by atoms with Gasteiger partial charge in [-0.25, -0.2) is 4.79 Å². The topological polar surface area (TPSA) is 61.8 Å². The predicted molar refractivity (Wildman–Crippen MR) is 86.7 cm³/mol. The number of aliphatic hydroxyl groups excluding tert-OH is 1. The number of ether oxygens (including phenoxy) is 1. The zero-order valence-corrected chi connectivity index (χ0v) is 14.3. The standard InChI is InChI=1S/C17H32N2O3/c1-17(2,3)22-16(21)19-9-5-8-15(19)11-18-10-13-6-4-7-14(13)12-20/h13-15,18,20H,4-12H2,1-3H3. The molecule has 2 N–H and O–H groups in total. The molecule has 2 fully saturated rings. The van der Waals surface area contributed by atoms with E-state index in [0.717, 1.165) is 38.9 Å². The highest BCUT2D eigenvalue weighted by atomic mass is 16.6. The second kappa shape index (κ2) is 7.64. The van der Waals surface area contributed by atoms with Crippen molar-refractivity contribution in [3.8, 4) is 0 Å². The summed E-state index contributed by atoms with van der Waals surface area (Å²) in [7, 11) is 0. The maximum absolute atomic E-state index is 12.2. The van der Waals surface area contributed by atoms with Gasteiger partial charge in [0, 0.05) is 25.7 Å². The number of carbonyl (C=O) groups is 1. The van der Waals surface area contributed by atoms with Gasteiger partial charge in [-0.2, -0.15) is 0 Å². The highest BCUT2D eigenvalue weighted by Gasteiger charge is 2.32. The van der Waals surface area contributed by atoms with Crippen molar-refractivity contribution in [2.75, 3.05) is 26.2 Å². The van der Waals surface area contributed by atoms with Crippen LogP contribution in [0.25, 0.3) is 0 Å². The van der Waals surface area contributed by atoms with Crippen molar-refractivity contribution < 1.29 is 14.6 Å². The first-order valence-corrected chi connectivity index (χ1v) is 8.72. The second-order valence-corrected chi connectivity index (χ2v) is 7.76. The number of hydrogen-bond donors (Lipinski definition) is 2. The first kappa shape index (κ1) is 17.5. The number of nitrogens with zero attached hydrogens (tertiary/aromatic N) is 1. The van der Waals surface area contributed by atoms with E-state index in [-0.39, 0.29) is 12.1 Å². The van der Waals surface area contributed by atoms with Crippen LogP contribution in [0.2, 0.25) is 0 Å². The molecule has 0 bridgehead atoms. The minimum Gasteiger partial charge on any atom is -0.444 e. The number of hydrogen-bond acceptors (Lipinski definition) is 4. The Bertz CT molecular complexity index is 367. The average Bonchev–Trinajstić information content (AvgIpc) is 3.05. The molecule has 0 aromatic carbocycles. The summed E-state index contributed by atoms with van der Waals surface area (Å²) in [5, 5.41) is 12.9. The second-order valence-electron chi connectivity index (χ2n) is 7.76. The summed E-state index contributed by atoms with van der Waals surface area (Å²) in [4.78, 5) is 14.1. The molecule has 2 rings (SSSR count). The van der Waals surface area contributed by atoms with Gasteiger partial charge >= 0.3 is 6.09 Å². The molecular weight excluding hydrogens is 280 g/mol. The maximum Gasteiger partial charge on any atom is 0.410 e. The van der Waals surface area contributed by atoms with Crippen LogP contribution in [0.4, 0.5) is 4.79 Å². The molecule has 1 amide bonds. The van der Waals surface area contributed by atoms with Gasteiger partial charge in [0.1, 0.15) is 5.60 Å². The Morgan fingerprint density at radius 1 is 1.18 bits per heavy atom. The van der Waals surface area contributed by atoms with Crippen LogP contribution in [-0.4, -0.2) is 54.0 Å². The van der Waals surface area contributed by atoms with Crippen LogP contribution in [0.15, 0.2) is 0 Å². The minimum absolute atomic E-state index is 0.189. The van der Waals surface area contributed by atoms with Gasteiger partial charge in [-0.05, 0) is 64.8 Å². The highest BCUT2D eigenvalue weighted by molar-refractivity contribution is 5.69. The fraction of sp³-hybridized carbons (Fsp3) is 0.941. The molecule has 1 saturated heterocycles. The van der Waals surface area contributed by atoms with E-state index in [4.69, 9.17) is 4.74 Å². The van der Waals surface area contributed by atoms with E-state index < -0.39 is 5.60 Å². The van der Waals surface area contributed by atoms with Gasteiger partial charge in [0.2, 0.25) is 0 Å². The predicted octanol–water partition coefficient (Wildman–Crippen LogP) is 2.38. The Kier molecular flexibility index (Phi) is 6.09. The SMILES string of the molecule is CC(C)(C)OC(=O)N1CCCC1CNCC1CCCC1CO. The molecule has 3 unspecified atom stereocenters. The van der Waals surface area contributed by atoms with E-state index in [9.17, 15) is 9.90 Å². The third kappa shape index (κ3) is 4.85. The van der Waals surface area contributed by atoms with Crippen molar-refractivity contribution >= 4 is 6.09 Å². The molecule has 0 radical (unpaired) electrons. The van der Waals surface area contributed by atoms with Gasteiger partial charge < -0.3 is 20.1 Å². The number of amides is 1. The van der Waals surface area contributed by atoms with Crippen LogP contribution in [0.5, 0.6) is 0 Å². The quantitative estimate of drug-likeness (QED) is 0.818. The van der Waals surface area contributed by atoms with E-state index in [2.05, 4.69) is 5.32 Å². The normalized spacial score (nSPS) is 29.1. The van der Waals surface area contributed by atoms with Crippen LogP contribution >= 0.6 is 0 Å². The molecule has 0 aromatic heterocycles. The summed E-state index contributed by atoms with van der Waals surface area (Å²) >= 11 is 0. The fourth-order valence-corrected chi connectivity index (χ4v) is 3.67. The van der Waals surface area contributed by atoms with Crippen molar-refractivity contribution in [1.29, 1.82) is 0 Å². The van der Waals surface area contributed by atoms with E-state index in [0.29, 0.717) is 18.4 Å². The summed E-state index contributed by atoms with van der Waals surface area (Å²) in [6.07, 6.45) is 5.49. The van der Waals surface area contributed by atoms with Crippen LogP contribution in [0.1, 0.15) is 52.9 Å². The third-order valence-electron chi connectivity index (χ3n) is 4.84. The molecule has 0 aromatic rings. The molecule has 5 heteroatoms. The lowest BCUT2D eigenvalue weighted by Crippen LogP contribution is -2.45. The van der Waals surface area contributed by atoms with Crippen LogP contribution in [0.3, 0.4) is 0 Å². The number of aliphatic hydroxyl groups is 1. The van der Waals surface area contributed by atoms with Gasteiger partial charge in [-0.15, -0.1) is 0 Å². The Labute approximate surface area is 134 Å². The first-order valence-electron chi connectivity index (χ1n) is 8.72. The van der Waals surface area contributed by atoms with Gasteiger partial charge in [0.05, 0.1) is 0 Å². The monoisotopic (exact) mass is 312 g/mol. The highest BCUT2D eigenvalue weighted by Crippen LogP contribution is 2.30. The number of likely N-dealkylation sites (tertiary alicyclic amines) is 1. The molecule has 0 spiro atoms. The van der Waals surface area contributed by atoms with Crippen LogP contribution in [-0.2, 0) is 4.74 Å². The van der Waals surface area contributed by atoms with Crippen molar-refractivity contribution in [3.63, 3.8) is 0 Å². The van der Waals surface area contributed by atoms with E-state index in [1.54, 1.807) is 0 Å². The summed E-state index contributed by atoms with van der Waals surface area (Å²) in [5.41, 5.74) is -0.435. The molecule has 128 valence electrons. The summed E-state index contributed by atoms with van der Waals surface area (Å²) in [6, 6.07) is 0.240. The van der Waals surface area contributed by atoms with Crippen molar-refractivity contribution in [2.45, 2.75) is 64.5 Å². The maximum atomic E-state index is 12.2. The summed E-state index contributed by atoms with van der Waals surface area (Å²) in [6.45, 7) is 8.59. The zero-order valence-electron chi connectivity index (χ0n) is 14.3. The average molecular weight is 312 g/mol. The van der Waals surface area contributed by atoms with Crippen LogP contribution < -0.4 is 5.32 Å². The van der Waals surface area contributed by atoms with Gasteiger partial charge in [0.15, 0.2) is 0 Å². The number of rotatable bonds is 5. The molecule has 1 saturated carbocycles. The first-order chi connectivity index (χ1) is 10.4. The van der Waals surface area contributed by atoms with Crippen molar-refractivity contribution in [3.05, 3.63) is 0 Å². The zero-order chi connectivity index (χ0) is 16.2. The summed E-state index contributed by atoms with van der Waals surface area (Å²) in [5.74, 6) is 1.04. The lowest BCUT2D eigenvalue weighted by molar-refractivity contribution is 0.0226. The van der Waals surface area contributed by atoms with E-state index in [1.807, 2.05) is 25.7 Å². The molecule has 2 aliphatic rings. The Hall–Kier alpha value is -0.810. The van der Waals surface area contributed by atoms with Crippen LogP contribution in [0, 0.1) is 11.8 Å². The molecule has 1 aliphatic heterocycles.